The van der Waals surface area contributed by atoms with E-state index < -0.39 is 17.3 Å². The number of H-pyrrole nitrogens is 1. The van der Waals surface area contributed by atoms with E-state index in [1.54, 1.807) is 6.20 Å². The monoisotopic (exact) mass is 408 g/mol. The lowest BCUT2D eigenvalue weighted by atomic mass is 9.68. The predicted molar refractivity (Wildman–Crippen MR) is 106 cm³/mol. The molecule has 1 aromatic heterocycles. The van der Waals surface area contributed by atoms with Crippen molar-refractivity contribution in [1.82, 2.24) is 20.4 Å². The van der Waals surface area contributed by atoms with Crippen LogP contribution in [0, 0.1) is 17.2 Å². The lowest BCUT2D eigenvalue weighted by Gasteiger charge is -2.43. The Balaban J connectivity index is 1.51. The Labute approximate surface area is 168 Å². The minimum Gasteiger partial charge on any atom is -0.388 e. The molecule has 1 aliphatic heterocycles. The number of aromatic nitrogens is 2. The van der Waals surface area contributed by atoms with Crippen molar-refractivity contribution in [3.05, 3.63) is 28.7 Å². The van der Waals surface area contributed by atoms with Gasteiger partial charge in [-0.3, -0.25) is 5.10 Å². The van der Waals surface area contributed by atoms with Crippen molar-refractivity contribution in [1.29, 1.82) is 0 Å². The van der Waals surface area contributed by atoms with Crippen molar-refractivity contribution in [2.75, 3.05) is 13.1 Å². The summed E-state index contributed by atoms with van der Waals surface area (Å²) in [6, 6.07) is 1.85. The number of halogens is 2. The van der Waals surface area contributed by atoms with Gasteiger partial charge in [0, 0.05) is 30.1 Å². The highest BCUT2D eigenvalue weighted by molar-refractivity contribution is 6.31. The smallest absolute Gasteiger partial charge is 0.317 e. The highest BCUT2D eigenvalue weighted by Gasteiger charge is 2.42. The molecule has 1 saturated heterocycles. The maximum Gasteiger partial charge on any atom is 0.317 e. The molecule has 0 spiro atoms. The fourth-order valence-electron chi connectivity index (χ4n) is 4.23. The molecule has 152 valence electrons. The third-order valence-corrected chi connectivity index (χ3v) is 6.66. The van der Waals surface area contributed by atoms with Gasteiger partial charge in [0.05, 0.1) is 22.8 Å². The van der Waals surface area contributed by atoms with Crippen LogP contribution in [-0.4, -0.2) is 45.4 Å². The van der Waals surface area contributed by atoms with Crippen molar-refractivity contribution in [3.63, 3.8) is 0 Å². The molecular formula is C20H26ClFN4O2. The molecule has 3 N–H and O–H groups in total. The van der Waals surface area contributed by atoms with E-state index in [1.165, 1.54) is 6.07 Å². The van der Waals surface area contributed by atoms with E-state index in [4.69, 9.17) is 11.6 Å². The maximum absolute atomic E-state index is 14.9. The van der Waals surface area contributed by atoms with Gasteiger partial charge in [-0.1, -0.05) is 25.4 Å². The molecule has 6 nitrogen and oxygen atoms in total. The van der Waals surface area contributed by atoms with Gasteiger partial charge in [0.15, 0.2) is 0 Å². The van der Waals surface area contributed by atoms with Crippen LogP contribution in [0.2, 0.25) is 5.02 Å². The van der Waals surface area contributed by atoms with Crippen LogP contribution in [-0.2, 0) is 0 Å². The molecular weight excluding hydrogens is 383 g/mol. The summed E-state index contributed by atoms with van der Waals surface area (Å²) in [4.78, 5) is 14.1. The first kappa shape index (κ1) is 19.5. The van der Waals surface area contributed by atoms with Crippen LogP contribution < -0.4 is 5.32 Å². The number of rotatable bonds is 4. The zero-order valence-electron chi connectivity index (χ0n) is 16.1. The summed E-state index contributed by atoms with van der Waals surface area (Å²) in [6.45, 7) is 5.17. The number of nitrogens with zero attached hydrogens (tertiary/aromatic N) is 2. The number of carbonyl (C=O) groups excluding carboxylic acids is 1. The Kier molecular flexibility index (Phi) is 5.00. The maximum atomic E-state index is 14.9. The van der Waals surface area contributed by atoms with Gasteiger partial charge in [-0.05, 0) is 43.1 Å². The second kappa shape index (κ2) is 7.19. The number of likely N-dealkylation sites (tertiary alicyclic amines) is 1. The number of carbonyl (C=O) groups is 1. The number of fused-ring (bicyclic) bond motifs is 1. The SMILES string of the molecule is CC(C)(C1CCN(C(=O)NC2CC2)CC1)[C@H](O)c1c(F)c(Cl)cc2cn[nH]c12. The van der Waals surface area contributed by atoms with Crippen LogP contribution in [0.15, 0.2) is 12.3 Å². The number of urea groups is 1. The highest BCUT2D eigenvalue weighted by Crippen LogP contribution is 2.47. The number of hydrogen-bond donors (Lipinski definition) is 3. The van der Waals surface area contributed by atoms with Gasteiger partial charge >= 0.3 is 6.03 Å². The first-order valence-corrected chi connectivity index (χ1v) is 10.2. The normalized spacial score (nSPS) is 19.8. The molecule has 0 radical (unpaired) electrons. The summed E-state index contributed by atoms with van der Waals surface area (Å²) in [5.74, 6) is -0.468. The third kappa shape index (κ3) is 3.46. The first-order chi connectivity index (χ1) is 13.3. The van der Waals surface area contributed by atoms with E-state index in [9.17, 15) is 14.3 Å². The van der Waals surface area contributed by atoms with Crippen molar-refractivity contribution < 1.29 is 14.3 Å². The van der Waals surface area contributed by atoms with E-state index in [-0.39, 0.29) is 22.5 Å². The molecule has 0 unspecified atom stereocenters. The van der Waals surface area contributed by atoms with Crippen molar-refractivity contribution in [2.24, 2.45) is 11.3 Å². The second-order valence-corrected chi connectivity index (χ2v) is 9.04. The molecule has 28 heavy (non-hydrogen) atoms. The summed E-state index contributed by atoms with van der Waals surface area (Å²) < 4.78 is 14.9. The molecule has 0 bridgehead atoms. The number of nitrogens with one attached hydrogen (secondary N) is 2. The molecule has 4 rings (SSSR count). The number of hydrogen-bond acceptors (Lipinski definition) is 3. The third-order valence-electron chi connectivity index (χ3n) is 6.38. The Morgan fingerprint density at radius 2 is 2.07 bits per heavy atom. The molecule has 8 heteroatoms. The lowest BCUT2D eigenvalue weighted by Crippen LogP contribution is -2.47. The number of aliphatic hydroxyl groups is 1. The topological polar surface area (TPSA) is 81.2 Å². The van der Waals surface area contributed by atoms with Crippen LogP contribution in [0.1, 0.15) is 51.2 Å². The number of benzene rings is 1. The Hall–Kier alpha value is -1.86. The number of aromatic amines is 1. The molecule has 1 aromatic carbocycles. The molecule has 1 aliphatic carbocycles. The number of amides is 2. The van der Waals surface area contributed by atoms with Gasteiger partial charge in [-0.15, -0.1) is 0 Å². The van der Waals surface area contributed by atoms with Gasteiger partial charge in [0.1, 0.15) is 5.82 Å². The van der Waals surface area contributed by atoms with E-state index in [1.807, 2.05) is 18.7 Å². The Morgan fingerprint density at radius 3 is 2.71 bits per heavy atom. The zero-order chi connectivity index (χ0) is 20.1. The van der Waals surface area contributed by atoms with E-state index >= 15 is 0 Å². The van der Waals surface area contributed by atoms with Crippen molar-refractivity contribution in [3.8, 4) is 0 Å². The van der Waals surface area contributed by atoms with Crippen LogP contribution >= 0.6 is 11.6 Å². The highest BCUT2D eigenvalue weighted by atomic mass is 35.5. The summed E-state index contributed by atoms with van der Waals surface area (Å²) in [7, 11) is 0. The number of aliphatic hydroxyl groups excluding tert-OH is 1. The Morgan fingerprint density at radius 1 is 1.39 bits per heavy atom. The quantitative estimate of drug-likeness (QED) is 0.715. The van der Waals surface area contributed by atoms with Crippen molar-refractivity contribution in [2.45, 2.75) is 51.7 Å². The largest absolute Gasteiger partial charge is 0.388 e. The average molecular weight is 409 g/mol. The van der Waals surface area contributed by atoms with Crippen molar-refractivity contribution >= 4 is 28.5 Å². The molecule has 1 saturated carbocycles. The van der Waals surface area contributed by atoms with E-state index in [0.29, 0.717) is 30.0 Å². The second-order valence-electron chi connectivity index (χ2n) is 8.63. The molecule has 2 heterocycles. The summed E-state index contributed by atoms with van der Waals surface area (Å²) in [5, 5.41) is 21.6. The number of piperidine rings is 1. The van der Waals surface area contributed by atoms with Gasteiger partial charge in [0.25, 0.3) is 0 Å². The van der Waals surface area contributed by atoms with Gasteiger partial charge in [0.2, 0.25) is 0 Å². The van der Waals surface area contributed by atoms with Crippen LogP contribution in [0.5, 0.6) is 0 Å². The summed E-state index contributed by atoms with van der Waals surface area (Å²) >= 11 is 6.05. The molecule has 2 fully saturated rings. The van der Waals surface area contributed by atoms with E-state index in [0.717, 1.165) is 25.7 Å². The Bertz CT molecular complexity index is 888. The van der Waals surface area contributed by atoms with Gasteiger partial charge < -0.3 is 15.3 Å². The molecule has 2 aliphatic rings. The zero-order valence-corrected chi connectivity index (χ0v) is 16.9. The fraction of sp³-hybridized carbons (Fsp3) is 0.600. The first-order valence-electron chi connectivity index (χ1n) is 9.83. The van der Waals surface area contributed by atoms with Crippen LogP contribution in [0.25, 0.3) is 10.9 Å². The fourth-order valence-corrected chi connectivity index (χ4v) is 4.45. The molecule has 1 atom stereocenters. The summed E-state index contributed by atoms with van der Waals surface area (Å²) in [5.41, 5.74) is 0.0467. The summed E-state index contributed by atoms with van der Waals surface area (Å²) in [6.07, 6.45) is 4.17. The predicted octanol–water partition coefficient (Wildman–Crippen LogP) is 4.00. The van der Waals surface area contributed by atoms with E-state index in [2.05, 4.69) is 15.5 Å². The standard InChI is InChI=1S/C20H26ClFN4O2/c1-20(2,12-5-7-26(8-6-12)19(28)24-13-3-4-13)18(27)15-16(22)14(21)9-11-10-23-25-17(11)15/h9-10,12-13,18,27H,3-8H2,1-2H3,(H,23,25)(H,24,28)/t18-/m1/s1. The lowest BCUT2D eigenvalue weighted by molar-refractivity contribution is -0.0161. The minimum atomic E-state index is -1.05. The molecule has 2 amide bonds. The van der Waals surface area contributed by atoms with Crippen LogP contribution in [0.3, 0.4) is 0 Å². The van der Waals surface area contributed by atoms with Gasteiger partial charge in [-0.2, -0.15) is 5.10 Å². The van der Waals surface area contributed by atoms with Gasteiger partial charge in [-0.25, -0.2) is 9.18 Å². The average Bonchev–Trinajstić information content (AvgIpc) is 3.37. The minimum absolute atomic E-state index is 0.000594. The molecule has 2 aromatic rings. The van der Waals surface area contributed by atoms with Crippen LogP contribution in [0.4, 0.5) is 9.18 Å².